The number of benzene rings is 1. The zero-order chi connectivity index (χ0) is 11.8. The van der Waals surface area contributed by atoms with Crippen molar-refractivity contribution < 1.29 is 4.79 Å². The number of rotatable bonds is 3. The standard InChI is InChI=1S/C13H18N2O/c1-9-3-7-11(8-4-9)15-12(16)13(2,14)10-5-6-10/h3-4,7-8,10H,5-6,14H2,1-2H3,(H,15,16). The van der Waals surface area contributed by atoms with E-state index in [4.69, 9.17) is 5.73 Å². The molecule has 2 rings (SSSR count). The Labute approximate surface area is 96.0 Å². The number of aryl methyl sites for hydroxylation is 1. The highest BCUT2D eigenvalue weighted by Crippen LogP contribution is 2.38. The third kappa shape index (κ3) is 2.25. The van der Waals surface area contributed by atoms with Crippen LogP contribution in [-0.4, -0.2) is 11.4 Å². The summed E-state index contributed by atoms with van der Waals surface area (Å²) in [7, 11) is 0. The minimum absolute atomic E-state index is 0.0844. The highest BCUT2D eigenvalue weighted by atomic mass is 16.2. The molecule has 1 amide bonds. The first kappa shape index (κ1) is 11.1. The van der Waals surface area contributed by atoms with Gasteiger partial charge in [0.15, 0.2) is 0 Å². The van der Waals surface area contributed by atoms with Gasteiger partial charge in [-0.05, 0) is 44.7 Å². The van der Waals surface area contributed by atoms with Gasteiger partial charge in [-0.2, -0.15) is 0 Å². The van der Waals surface area contributed by atoms with Crippen LogP contribution in [0.25, 0.3) is 0 Å². The Kier molecular flexibility index (Phi) is 2.72. The van der Waals surface area contributed by atoms with Crippen molar-refractivity contribution in [2.24, 2.45) is 11.7 Å². The van der Waals surface area contributed by atoms with E-state index in [0.29, 0.717) is 5.92 Å². The lowest BCUT2D eigenvalue weighted by molar-refractivity contribution is -0.121. The molecule has 1 atom stereocenters. The normalized spacial score (nSPS) is 18.9. The maximum absolute atomic E-state index is 12.0. The molecule has 0 bridgehead atoms. The van der Waals surface area contributed by atoms with E-state index in [9.17, 15) is 4.79 Å². The zero-order valence-electron chi connectivity index (χ0n) is 9.79. The molecule has 0 heterocycles. The smallest absolute Gasteiger partial charge is 0.244 e. The van der Waals surface area contributed by atoms with E-state index in [1.165, 1.54) is 5.56 Å². The second-order valence-electron chi connectivity index (χ2n) is 4.88. The average molecular weight is 218 g/mol. The molecule has 1 unspecified atom stereocenters. The molecule has 86 valence electrons. The monoisotopic (exact) mass is 218 g/mol. The van der Waals surface area contributed by atoms with Gasteiger partial charge in [0.25, 0.3) is 0 Å². The fourth-order valence-electron chi connectivity index (χ4n) is 1.77. The average Bonchev–Trinajstić information content (AvgIpc) is 3.05. The fourth-order valence-corrected chi connectivity index (χ4v) is 1.77. The molecule has 1 aliphatic rings. The first-order valence-electron chi connectivity index (χ1n) is 5.67. The van der Waals surface area contributed by atoms with Gasteiger partial charge in [0.1, 0.15) is 0 Å². The van der Waals surface area contributed by atoms with E-state index < -0.39 is 5.54 Å². The Bertz CT molecular complexity index is 391. The summed E-state index contributed by atoms with van der Waals surface area (Å²) in [5.74, 6) is 0.261. The lowest BCUT2D eigenvalue weighted by Crippen LogP contribution is -2.50. The van der Waals surface area contributed by atoms with Gasteiger partial charge in [-0.1, -0.05) is 17.7 Å². The van der Waals surface area contributed by atoms with E-state index >= 15 is 0 Å². The van der Waals surface area contributed by atoms with Crippen molar-refractivity contribution in [3.63, 3.8) is 0 Å². The molecule has 1 fully saturated rings. The highest BCUT2D eigenvalue weighted by Gasteiger charge is 2.43. The predicted molar refractivity (Wildman–Crippen MR) is 65.1 cm³/mol. The van der Waals surface area contributed by atoms with Crippen LogP contribution in [0.3, 0.4) is 0 Å². The van der Waals surface area contributed by atoms with Crippen molar-refractivity contribution in [2.45, 2.75) is 32.2 Å². The Morgan fingerprint density at radius 2 is 1.94 bits per heavy atom. The second-order valence-corrected chi connectivity index (χ2v) is 4.88. The van der Waals surface area contributed by atoms with E-state index in [0.717, 1.165) is 18.5 Å². The van der Waals surface area contributed by atoms with Crippen LogP contribution in [0.1, 0.15) is 25.3 Å². The van der Waals surface area contributed by atoms with Crippen molar-refractivity contribution in [3.8, 4) is 0 Å². The SMILES string of the molecule is Cc1ccc(NC(=O)C(C)(N)C2CC2)cc1. The van der Waals surface area contributed by atoms with Crippen LogP contribution in [0.4, 0.5) is 5.69 Å². The number of hydrogen-bond donors (Lipinski definition) is 2. The van der Waals surface area contributed by atoms with Crippen LogP contribution in [0.2, 0.25) is 0 Å². The molecule has 1 aromatic rings. The van der Waals surface area contributed by atoms with Crippen molar-refractivity contribution in [2.75, 3.05) is 5.32 Å². The molecule has 0 aromatic heterocycles. The number of amides is 1. The molecule has 0 spiro atoms. The van der Waals surface area contributed by atoms with Gasteiger partial charge >= 0.3 is 0 Å². The molecule has 3 nitrogen and oxygen atoms in total. The van der Waals surface area contributed by atoms with Crippen molar-refractivity contribution >= 4 is 11.6 Å². The van der Waals surface area contributed by atoms with E-state index in [1.807, 2.05) is 38.1 Å². The van der Waals surface area contributed by atoms with Crippen LogP contribution < -0.4 is 11.1 Å². The summed E-state index contributed by atoms with van der Waals surface area (Å²) < 4.78 is 0. The van der Waals surface area contributed by atoms with E-state index in [-0.39, 0.29) is 5.91 Å². The molecule has 1 aromatic carbocycles. The largest absolute Gasteiger partial charge is 0.324 e. The van der Waals surface area contributed by atoms with Gasteiger partial charge in [-0.15, -0.1) is 0 Å². The van der Waals surface area contributed by atoms with Gasteiger partial charge in [0.2, 0.25) is 5.91 Å². The lowest BCUT2D eigenvalue weighted by Gasteiger charge is -2.23. The van der Waals surface area contributed by atoms with Gasteiger partial charge in [0, 0.05) is 5.69 Å². The summed E-state index contributed by atoms with van der Waals surface area (Å²) in [6.45, 7) is 3.83. The first-order valence-corrected chi connectivity index (χ1v) is 5.67. The minimum atomic E-state index is -0.731. The van der Waals surface area contributed by atoms with Gasteiger partial charge in [-0.3, -0.25) is 4.79 Å². The summed E-state index contributed by atoms with van der Waals surface area (Å²) in [4.78, 5) is 12.0. The van der Waals surface area contributed by atoms with Crippen LogP contribution >= 0.6 is 0 Å². The highest BCUT2D eigenvalue weighted by molar-refractivity contribution is 5.98. The van der Waals surface area contributed by atoms with Crippen molar-refractivity contribution in [1.82, 2.24) is 0 Å². The topological polar surface area (TPSA) is 55.1 Å². The summed E-state index contributed by atoms with van der Waals surface area (Å²) >= 11 is 0. The van der Waals surface area contributed by atoms with Gasteiger partial charge in [0.05, 0.1) is 5.54 Å². The molecular formula is C13H18N2O. The maximum Gasteiger partial charge on any atom is 0.244 e. The molecule has 16 heavy (non-hydrogen) atoms. The summed E-state index contributed by atoms with van der Waals surface area (Å²) in [6.07, 6.45) is 2.13. The van der Waals surface area contributed by atoms with Crippen LogP contribution in [0.15, 0.2) is 24.3 Å². The van der Waals surface area contributed by atoms with Gasteiger partial charge < -0.3 is 11.1 Å². The lowest BCUT2D eigenvalue weighted by atomic mass is 9.96. The molecule has 1 aliphatic carbocycles. The van der Waals surface area contributed by atoms with Crippen LogP contribution in [-0.2, 0) is 4.79 Å². The van der Waals surface area contributed by atoms with Crippen molar-refractivity contribution in [3.05, 3.63) is 29.8 Å². The van der Waals surface area contributed by atoms with Crippen LogP contribution in [0, 0.1) is 12.8 Å². The predicted octanol–water partition coefficient (Wildman–Crippen LogP) is 2.06. The molecule has 0 saturated heterocycles. The van der Waals surface area contributed by atoms with E-state index in [2.05, 4.69) is 5.32 Å². The third-order valence-corrected chi connectivity index (χ3v) is 3.22. The second kappa shape index (κ2) is 3.91. The summed E-state index contributed by atoms with van der Waals surface area (Å²) in [6, 6.07) is 7.74. The molecule has 0 aliphatic heterocycles. The summed E-state index contributed by atoms with van der Waals surface area (Å²) in [5, 5.41) is 2.87. The zero-order valence-corrected chi connectivity index (χ0v) is 9.79. The number of nitrogens with one attached hydrogen (secondary N) is 1. The fraction of sp³-hybridized carbons (Fsp3) is 0.462. The molecule has 1 saturated carbocycles. The number of hydrogen-bond acceptors (Lipinski definition) is 2. The third-order valence-electron chi connectivity index (χ3n) is 3.22. The molecule has 3 heteroatoms. The molecular weight excluding hydrogens is 200 g/mol. The molecule has 0 radical (unpaired) electrons. The first-order chi connectivity index (χ1) is 7.50. The number of nitrogens with two attached hydrogens (primary N) is 1. The number of carbonyl (C=O) groups excluding carboxylic acids is 1. The summed E-state index contributed by atoms with van der Waals surface area (Å²) in [5.41, 5.74) is 7.29. The quantitative estimate of drug-likeness (QED) is 0.816. The number of carbonyl (C=O) groups is 1. The molecule has 3 N–H and O–H groups in total. The maximum atomic E-state index is 12.0. The Morgan fingerprint density at radius 1 is 1.38 bits per heavy atom. The van der Waals surface area contributed by atoms with E-state index in [1.54, 1.807) is 0 Å². The van der Waals surface area contributed by atoms with Gasteiger partial charge in [-0.25, -0.2) is 0 Å². The van der Waals surface area contributed by atoms with Crippen LogP contribution in [0.5, 0.6) is 0 Å². The Balaban J connectivity index is 2.04. The number of anilines is 1. The Morgan fingerprint density at radius 3 is 2.44 bits per heavy atom. The van der Waals surface area contributed by atoms with Crippen molar-refractivity contribution in [1.29, 1.82) is 0 Å². The Hall–Kier alpha value is -1.35. The minimum Gasteiger partial charge on any atom is -0.324 e.